The van der Waals surface area contributed by atoms with Crippen molar-refractivity contribution in [2.75, 3.05) is 0 Å². The van der Waals surface area contributed by atoms with Gasteiger partial charge in [0.1, 0.15) is 4.83 Å². The predicted molar refractivity (Wildman–Crippen MR) is 109 cm³/mol. The van der Waals surface area contributed by atoms with E-state index in [4.69, 9.17) is 12.2 Å². The van der Waals surface area contributed by atoms with Crippen LogP contribution in [-0.2, 0) is 19.4 Å². The molecule has 3 aromatic heterocycles. The van der Waals surface area contributed by atoms with Crippen LogP contribution in [-0.4, -0.2) is 19.3 Å². The lowest BCUT2D eigenvalue weighted by Crippen LogP contribution is -2.26. The molecule has 3 heterocycles. The topological polar surface area (TPSA) is 55.6 Å². The summed E-state index contributed by atoms with van der Waals surface area (Å²) in [5.41, 5.74) is 3.29. The first-order valence-corrected chi connectivity index (χ1v) is 10.6. The van der Waals surface area contributed by atoms with E-state index in [1.807, 2.05) is 24.7 Å². The van der Waals surface area contributed by atoms with Gasteiger partial charge in [-0.25, -0.2) is 0 Å². The number of aromatic amines is 1. The van der Waals surface area contributed by atoms with Crippen molar-refractivity contribution in [3.63, 3.8) is 0 Å². The van der Waals surface area contributed by atoms with Crippen LogP contribution in [0.15, 0.2) is 11.0 Å². The smallest absolute Gasteiger partial charge is 0.263 e. The summed E-state index contributed by atoms with van der Waals surface area (Å²) < 4.78 is 4.14. The van der Waals surface area contributed by atoms with Gasteiger partial charge in [-0.2, -0.15) is 5.10 Å². The Bertz CT molecular complexity index is 1090. The summed E-state index contributed by atoms with van der Waals surface area (Å²) in [6.07, 6.45) is 7.71. The predicted octanol–water partition coefficient (Wildman–Crippen LogP) is 4.52. The summed E-state index contributed by atoms with van der Waals surface area (Å²) >= 11 is 7.29. The summed E-state index contributed by atoms with van der Waals surface area (Å²) in [6, 6.07) is -0.141. The number of nitrogens with one attached hydrogen (secondary N) is 1. The average Bonchev–Trinajstić information content (AvgIpc) is 3.06. The minimum Gasteiger partial charge on any atom is -0.323 e. The summed E-state index contributed by atoms with van der Waals surface area (Å²) in [7, 11) is 0. The summed E-state index contributed by atoms with van der Waals surface area (Å²) in [4.78, 5) is 19.1. The molecule has 0 amide bonds. The maximum atomic E-state index is 13.5. The first-order chi connectivity index (χ1) is 12.5. The maximum absolute atomic E-state index is 13.5. The normalized spacial score (nSPS) is 15.8. The Morgan fingerprint density at radius 2 is 2.12 bits per heavy atom. The lowest BCUT2D eigenvalue weighted by molar-refractivity contribution is 0.595. The molecular weight excluding hydrogens is 364 g/mol. The van der Waals surface area contributed by atoms with Crippen molar-refractivity contribution in [2.45, 2.75) is 65.5 Å². The molecule has 5 nitrogen and oxygen atoms in total. The van der Waals surface area contributed by atoms with Crippen molar-refractivity contribution in [2.24, 2.45) is 0 Å². The molecule has 1 atom stereocenters. The number of nitrogens with zero attached hydrogens (tertiary/aromatic N) is 3. The Morgan fingerprint density at radius 3 is 2.85 bits per heavy atom. The van der Waals surface area contributed by atoms with Crippen molar-refractivity contribution in [3.05, 3.63) is 43.0 Å². The number of thiophene rings is 1. The van der Waals surface area contributed by atoms with Crippen LogP contribution in [0.25, 0.3) is 10.2 Å². The van der Waals surface area contributed by atoms with Crippen molar-refractivity contribution < 1.29 is 0 Å². The Hall–Kier alpha value is -1.73. The van der Waals surface area contributed by atoms with E-state index in [0.29, 0.717) is 4.77 Å². The average molecular weight is 389 g/mol. The third-order valence-corrected chi connectivity index (χ3v) is 6.94. The molecule has 0 fully saturated rings. The van der Waals surface area contributed by atoms with Crippen molar-refractivity contribution in [1.82, 2.24) is 19.3 Å². The molecule has 4 rings (SSSR count). The number of fused-ring (bicyclic) bond motifs is 3. The first kappa shape index (κ1) is 17.7. The molecule has 7 heteroatoms. The zero-order valence-corrected chi connectivity index (χ0v) is 17.1. The summed E-state index contributed by atoms with van der Waals surface area (Å²) in [5.74, 6) is 0. The molecule has 26 heavy (non-hydrogen) atoms. The van der Waals surface area contributed by atoms with Crippen LogP contribution in [0.2, 0.25) is 0 Å². The second-order valence-corrected chi connectivity index (χ2v) is 8.57. The van der Waals surface area contributed by atoms with E-state index in [9.17, 15) is 4.79 Å². The highest BCUT2D eigenvalue weighted by molar-refractivity contribution is 7.71. The van der Waals surface area contributed by atoms with E-state index in [0.717, 1.165) is 47.3 Å². The molecule has 0 bridgehead atoms. The fourth-order valence-corrected chi connectivity index (χ4v) is 5.71. The lowest BCUT2D eigenvalue weighted by Gasteiger charge is -2.15. The number of aryl methyl sites for hydroxylation is 4. The molecule has 1 N–H and O–H groups in total. The van der Waals surface area contributed by atoms with Gasteiger partial charge in [0.15, 0.2) is 4.77 Å². The molecular formula is C19H24N4OS2. The second-order valence-electron chi connectivity index (χ2n) is 7.08. The molecule has 0 aromatic carbocycles. The SMILES string of the molecule is CCn1cc([C@H](C)n2c(=S)[nH]c3sc4c(c3c2=O)CCCCC4)c(C)n1. The quantitative estimate of drug-likeness (QED) is 0.530. The summed E-state index contributed by atoms with van der Waals surface area (Å²) in [6.45, 7) is 6.90. The lowest BCUT2D eigenvalue weighted by atomic mass is 10.1. The molecule has 1 aliphatic rings. The molecule has 3 aromatic rings. The van der Waals surface area contributed by atoms with Gasteiger partial charge in [-0.1, -0.05) is 6.42 Å². The van der Waals surface area contributed by atoms with Crippen LogP contribution in [0.3, 0.4) is 0 Å². The van der Waals surface area contributed by atoms with Gasteiger partial charge in [0, 0.05) is 23.2 Å². The van der Waals surface area contributed by atoms with E-state index < -0.39 is 0 Å². The number of H-pyrrole nitrogens is 1. The third-order valence-electron chi connectivity index (χ3n) is 5.44. The molecule has 0 saturated carbocycles. The maximum Gasteiger partial charge on any atom is 0.263 e. The Labute approximate surface area is 161 Å². The highest BCUT2D eigenvalue weighted by Crippen LogP contribution is 2.33. The summed E-state index contributed by atoms with van der Waals surface area (Å²) in [5, 5.41) is 5.38. The number of aromatic nitrogens is 4. The Balaban J connectivity index is 1.92. The van der Waals surface area contributed by atoms with Gasteiger partial charge in [0.25, 0.3) is 5.56 Å². The van der Waals surface area contributed by atoms with E-state index in [1.165, 1.54) is 23.3 Å². The van der Waals surface area contributed by atoms with Crippen LogP contribution in [0.5, 0.6) is 0 Å². The second kappa shape index (κ2) is 6.78. The number of hydrogen-bond donors (Lipinski definition) is 1. The molecule has 0 radical (unpaired) electrons. The van der Waals surface area contributed by atoms with Crippen molar-refractivity contribution in [3.8, 4) is 0 Å². The molecule has 0 aliphatic heterocycles. The van der Waals surface area contributed by atoms with Crippen LogP contribution < -0.4 is 5.56 Å². The largest absolute Gasteiger partial charge is 0.323 e. The van der Waals surface area contributed by atoms with Crippen LogP contribution in [0, 0.1) is 11.7 Å². The Kier molecular flexibility index (Phi) is 4.61. The van der Waals surface area contributed by atoms with Crippen molar-refractivity contribution >= 4 is 33.8 Å². The number of rotatable bonds is 3. The van der Waals surface area contributed by atoms with E-state index in [1.54, 1.807) is 15.9 Å². The highest BCUT2D eigenvalue weighted by atomic mass is 32.1. The highest BCUT2D eigenvalue weighted by Gasteiger charge is 2.22. The molecule has 0 unspecified atom stereocenters. The van der Waals surface area contributed by atoms with E-state index >= 15 is 0 Å². The van der Waals surface area contributed by atoms with E-state index in [2.05, 4.69) is 17.0 Å². The zero-order valence-electron chi connectivity index (χ0n) is 15.5. The Morgan fingerprint density at radius 1 is 1.35 bits per heavy atom. The van der Waals surface area contributed by atoms with Gasteiger partial charge in [0.05, 0.1) is 17.1 Å². The zero-order chi connectivity index (χ0) is 18.4. The van der Waals surface area contributed by atoms with Crippen LogP contribution >= 0.6 is 23.6 Å². The van der Waals surface area contributed by atoms with Gasteiger partial charge in [-0.3, -0.25) is 14.0 Å². The fourth-order valence-electron chi connectivity index (χ4n) is 4.02. The van der Waals surface area contributed by atoms with Gasteiger partial charge in [0.2, 0.25) is 0 Å². The molecule has 0 saturated heterocycles. The molecule has 1 aliphatic carbocycles. The monoisotopic (exact) mass is 388 g/mol. The van der Waals surface area contributed by atoms with Gasteiger partial charge in [-0.15, -0.1) is 11.3 Å². The van der Waals surface area contributed by atoms with Crippen LogP contribution in [0.1, 0.15) is 60.8 Å². The number of hydrogen-bond acceptors (Lipinski definition) is 4. The molecule has 0 spiro atoms. The molecule has 138 valence electrons. The minimum absolute atomic E-state index is 0.0410. The van der Waals surface area contributed by atoms with Gasteiger partial charge in [-0.05, 0) is 64.2 Å². The van der Waals surface area contributed by atoms with Gasteiger partial charge < -0.3 is 4.98 Å². The van der Waals surface area contributed by atoms with Crippen molar-refractivity contribution in [1.29, 1.82) is 0 Å². The fraction of sp³-hybridized carbons (Fsp3) is 0.526. The minimum atomic E-state index is -0.141. The standard InChI is InChI=1S/C19H24N4OS2/c1-4-22-10-14(11(2)21-22)12(3)23-18(24)16-13-8-6-5-7-9-15(13)26-17(16)20-19(23)25/h10,12H,4-9H2,1-3H3,(H,20,25)/t12-/m0/s1. The third kappa shape index (κ3) is 2.77. The van der Waals surface area contributed by atoms with E-state index in [-0.39, 0.29) is 11.6 Å². The van der Waals surface area contributed by atoms with Crippen LogP contribution in [0.4, 0.5) is 0 Å². The first-order valence-electron chi connectivity index (χ1n) is 9.34. The van der Waals surface area contributed by atoms with Gasteiger partial charge >= 0.3 is 0 Å².